The Labute approximate surface area is 88.3 Å². The van der Waals surface area contributed by atoms with E-state index in [1.807, 2.05) is 0 Å². The van der Waals surface area contributed by atoms with Crippen LogP contribution in [0.4, 0.5) is 0 Å². The van der Waals surface area contributed by atoms with Gasteiger partial charge in [0, 0.05) is 12.6 Å². The number of aliphatic hydroxyl groups is 1. The molecule has 1 aliphatic carbocycles. The largest absolute Gasteiger partial charge is 0.391 e. The smallest absolute Gasteiger partial charge is 0.0695 e. The van der Waals surface area contributed by atoms with Crippen molar-refractivity contribution in [1.29, 1.82) is 0 Å². The summed E-state index contributed by atoms with van der Waals surface area (Å²) in [6.45, 7) is 8.96. The Morgan fingerprint density at radius 2 is 2.07 bits per heavy atom. The highest BCUT2D eigenvalue weighted by atomic mass is 16.3. The lowest BCUT2D eigenvalue weighted by atomic mass is 10.1. The summed E-state index contributed by atoms with van der Waals surface area (Å²) in [5.74, 6) is 0.753. The van der Waals surface area contributed by atoms with Crippen molar-refractivity contribution < 1.29 is 5.11 Å². The molecule has 84 valence electrons. The van der Waals surface area contributed by atoms with Crippen LogP contribution in [0.2, 0.25) is 0 Å². The lowest BCUT2D eigenvalue weighted by Gasteiger charge is -2.31. The van der Waals surface area contributed by atoms with E-state index in [1.54, 1.807) is 0 Å². The molecule has 2 nitrogen and oxygen atoms in total. The number of rotatable bonds is 5. The molecule has 1 N–H and O–H groups in total. The summed E-state index contributed by atoms with van der Waals surface area (Å²) in [4.78, 5) is 2.46. The summed E-state index contributed by atoms with van der Waals surface area (Å²) >= 11 is 0. The van der Waals surface area contributed by atoms with Gasteiger partial charge in [-0.25, -0.2) is 0 Å². The summed E-state index contributed by atoms with van der Waals surface area (Å²) in [7, 11) is 0. The Morgan fingerprint density at radius 1 is 1.36 bits per heavy atom. The van der Waals surface area contributed by atoms with Crippen LogP contribution in [-0.2, 0) is 0 Å². The van der Waals surface area contributed by atoms with Crippen LogP contribution in [0.3, 0.4) is 0 Å². The molecule has 0 aliphatic heterocycles. The van der Waals surface area contributed by atoms with Gasteiger partial charge in [0.1, 0.15) is 0 Å². The van der Waals surface area contributed by atoms with Crippen molar-refractivity contribution in [3.63, 3.8) is 0 Å². The van der Waals surface area contributed by atoms with Crippen molar-refractivity contribution in [2.75, 3.05) is 13.1 Å². The molecule has 0 saturated heterocycles. The Morgan fingerprint density at radius 3 is 2.50 bits per heavy atom. The second-order valence-corrected chi connectivity index (χ2v) is 4.67. The second-order valence-electron chi connectivity index (χ2n) is 4.67. The number of aliphatic hydroxyl groups excluding tert-OH is 1. The first kappa shape index (κ1) is 12.0. The van der Waals surface area contributed by atoms with E-state index < -0.39 is 0 Å². The fourth-order valence-corrected chi connectivity index (χ4v) is 2.38. The van der Waals surface area contributed by atoms with Gasteiger partial charge in [0.25, 0.3) is 0 Å². The van der Waals surface area contributed by atoms with Crippen LogP contribution >= 0.6 is 0 Å². The quantitative estimate of drug-likeness (QED) is 0.734. The summed E-state index contributed by atoms with van der Waals surface area (Å²) < 4.78 is 0. The minimum Gasteiger partial charge on any atom is -0.391 e. The SMILES string of the molecule is CCC(C)CN(CC)C1CCCC1O. The van der Waals surface area contributed by atoms with Gasteiger partial charge >= 0.3 is 0 Å². The average Bonchev–Trinajstić information content (AvgIpc) is 2.60. The monoisotopic (exact) mass is 199 g/mol. The number of hydrogen-bond acceptors (Lipinski definition) is 2. The summed E-state index contributed by atoms with van der Waals surface area (Å²) in [5.41, 5.74) is 0. The lowest BCUT2D eigenvalue weighted by Crippen LogP contribution is -2.42. The molecule has 14 heavy (non-hydrogen) atoms. The zero-order valence-corrected chi connectivity index (χ0v) is 9.87. The maximum atomic E-state index is 9.83. The molecular formula is C12H25NO. The van der Waals surface area contributed by atoms with Crippen molar-refractivity contribution in [3.05, 3.63) is 0 Å². The molecule has 0 aromatic carbocycles. The van der Waals surface area contributed by atoms with E-state index in [0.29, 0.717) is 6.04 Å². The van der Waals surface area contributed by atoms with Gasteiger partial charge in [-0.2, -0.15) is 0 Å². The van der Waals surface area contributed by atoms with Gasteiger partial charge in [0.2, 0.25) is 0 Å². The van der Waals surface area contributed by atoms with Gasteiger partial charge in [0.05, 0.1) is 6.10 Å². The zero-order valence-electron chi connectivity index (χ0n) is 9.87. The van der Waals surface area contributed by atoms with Crippen molar-refractivity contribution in [3.8, 4) is 0 Å². The molecule has 1 fully saturated rings. The Hall–Kier alpha value is -0.0800. The first-order valence-electron chi connectivity index (χ1n) is 6.11. The molecule has 1 rings (SSSR count). The zero-order chi connectivity index (χ0) is 10.6. The molecule has 3 unspecified atom stereocenters. The van der Waals surface area contributed by atoms with Gasteiger partial charge in [-0.1, -0.05) is 27.2 Å². The topological polar surface area (TPSA) is 23.5 Å². The van der Waals surface area contributed by atoms with Crippen molar-refractivity contribution in [2.24, 2.45) is 5.92 Å². The minimum atomic E-state index is -0.0704. The normalized spacial score (nSPS) is 29.8. The number of likely N-dealkylation sites (N-methyl/N-ethyl adjacent to an activating group) is 1. The average molecular weight is 199 g/mol. The molecule has 0 spiro atoms. The molecule has 0 amide bonds. The van der Waals surface area contributed by atoms with E-state index in [4.69, 9.17) is 0 Å². The van der Waals surface area contributed by atoms with Gasteiger partial charge in [-0.15, -0.1) is 0 Å². The highest BCUT2D eigenvalue weighted by molar-refractivity contribution is 4.85. The van der Waals surface area contributed by atoms with E-state index in [1.165, 1.54) is 19.3 Å². The fraction of sp³-hybridized carbons (Fsp3) is 1.00. The van der Waals surface area contributed by atoms with E-state index >= 15 is 0 Å². The van der Waals surface area contributed by atoms with E-state index in [2.05, 4.69) is 25.7 Å². The van der Waals surface area contributed by atoms with E-state index in [-0.39, 0.29) is 6.10 Å². The fourth-order valence-electron chi connectivity index (χ4n) is 2.38. The summed E-state index contributed by atoms with van der Waals surface area (Å²) in [5, 5.41) is 9.83. The van der Waals surface area contributed by atoms with E-state index in [9.17, 15) is 5.11 Å². The Bertz CT molecular complexity index is 160. The molecule has 0 radical (unpaired) electrons. The molecule has 0 aromatic rings. The van der Waals surface area contributed by atoms with Gasteiger partial charge in [-0.05, 0) is 31.7 Å². The highest BCUT2D eigenvalue weighted by Crippen LogP contribution is 2.24. The summed E-state index contributed by atoms with van der Waals surface area (Å²) in [6.07, 6.45) is 4.55. The van der Waals surface area contributed by atoms with Crippen molar-refractivity contribution in [1.82, 2.24) is 4.90 Å². The lowest BCUT2D eigenvalue weighted by molar-refractivity contribution is 0.0651. The Balaban J connectivity index is 2.44. The Kier molecular flexibility index (Phi) is 4.90. The van der Waals surface area contributed by atoms with E-state index in [0.717, 1.165) is 25.4 Å². The van der Waals surface area contributed by atoms with Crippen molar-refractivity contribution >= 4 is 0 Å². The van der Waals surface area contributed by atoms with Gasteiger partial charge in [-0.3, -0.25) is 4.90 Å². The first-order chi connectivity index (χ1) is 6.69. The van der Waals surface area contributed by atoms with Crippen LogP contribution in [0.15, 0.2) is 0 Å². The number of hydrogen-bond donors (Lipinski definition) is 1. The minimum absolute atomic E-state index is 0.0704. The highest BCUT2D eigenvalue weighted by Gasteiger charge is 2.30. The molecule has 1 aliphatic rings. The van der Waals surface area contributed by atoms with Gasteiger partial charge in [0.15, 0.2) is 0 Å². The van der Waals surface area contributed by atoms with Crippen LogP contribution in [0.25, 0.3) is 0 Å². The summed E-state index contributed by atoms with van der Waals surface area (Å²) in [6, 6.07) is 0.439. The molecule has 3 atom stereocenters. The maximum Gasteiger partial charge on any atom is 0.0695 e. The molecular weight excluding hydrogens is 174 g/mol. The first-order valence-corrected chi connectivity index (χ1v) is 6.11. The predicted molar refractivity (Wildman–Crippen MR) is 60.3 cm³/mol. The van der Waals surface area contributed by atoms with Gasteiger partial charge < -0.3 is 5.11 Å². The third kappa shape index (κ3) is 2.96. The molecule has 0 aromatic heterocycles. The van der Waals surface area contributed by atoms with Crippen LogP contribution in [0, 0.1) is 5.92 Å². The third-order valence-corrected chi connectivity index (χ3v) is 3.56. The predicted octanol–water partition coefficient (Wildman–Crippen LogP) is 2.27. The molecule has 1 saturated carbocycles. The molecule has 0 heterocycles. The van der Waals surface area contributed by atoms with Crippen LogP contribution in [0.5, 0.6) is 0 Å². The standard InChI is InChI=1S/C12H25NO/c1-4-10(3)9-13(5-2)11-7-6-8-12(11)14/h10-12,14H,4-9H2,1-3H3. The molecule has 2 heteroatoms. The van der Waals surface area contributed by atoms with Crippen LogP contribution in [-0.4, -0.2) is 35.2 Å². The molecule has 0 bridgehead atoms. The van der Waals surface area contributed by atoms with Crippen LogP contribution < -0.4 is 0 Å². The van der Waals surface area contributed by atoms with Crippen LogP contribution in [0.1, 0.15) is 46.5 Å². The van der Waals surface area contributed by atoms with Crippen molar-refractivity contribution in [2.45, 2.75) is 58.6 Å². The third-order valence-electron chi connectivity index (χ3n) is 3.56. The number of nitrogens with zero attached hydrogens (tertiary/aromatic N) is 1. The second kappa shape index (κ2) is 5.72. The maximum absolute atomic E-state index is 9.83.